The summed E-state index contributed by atoms with van der Waals surface area (Å²) in [6.07, 6.45) is 7.49. The van der Waals surface area contributed by atoms with Gasteiger partial charge < -0.3 is 14.8 Å². The summed E-state index contributed by atoms with van der Waals surface area (Å²) in [7, 11) is 2.23. The first-order valence-electron chi connectivity index (χ1n) is 10.8. The normalized spacial score (nSPS) is 18.4. The van der Waals surface area contributed by atoms with E-state index in [2.05, 4.69) is 69.1 Å². The van der Waals surface area contributed by atoms with Crippen molar-refractivity contribution in [1.29, 1.82) is 0 Å². The van der Waals surface area contributed by atoms with Crippen LogP contribution in [-0.4, -0.2) is 50.9 Å². The Morgan fingerprint density at radius 3 is 2.61 bits per heavy atom. The zero-order valence-corrected chi connectivity index (χ0v) is 19.7. The number of hydrogen-bond acceptors (Lipinski definition) is 4. The van der Waals surface area contributed by atoms with Crippen molar-refractivity contribution in [2.75, 3.05) is 26.7 Å². The Bertz CT molecular complexity index is 936. The van der Waals surface area contributed by atoms with Gasteiger partial charge in [0.1, 0.15) is 5.69 Å². The molecule has 0 amide bonds. The Hall–Kier alpha value is -1.86. The Morgan fingerprint density at radius 2 is 1.84 bits per heavy atom. The van der Waals surface area contributed by atoms with Gasteiger partial charge in [0, 0.05) is 37.4 Å². The Kier molecular flexibility index (Phi) is 7.81. The van der Waals surface area contributed by atoms with E-state index in [0.717, 1.165) is 70.0 Å². The molecular weight excluding hydrogens is 431 g/mol. The molecule has 1 aromatic carbocycles. The smallest absolute Gasteiger partial charge is 0.160 e. The fourth-order valence-electron chi connectivity index (χ4n) is 4.84. The Balaban J connectivity index is 0.00000136. The van der Waals surface area contributed by atoms with Crippen LogP contribution in [0, 0.1) is 0 Å². The molecule has 0 saturated carbocycles. The van der Waals surface area contributed by atoms with Gasteiger partial charge in [-0.15, -0.1) is 24.8 Å². The third kappa shape index (κ3) is 4.82. The third-order valence-corrected chi connectivity index (χ3v) is 6.64. The van der Waals surface area contributed by atoms with E-state index in [-0.39, 0.29) is 30.2 Å². The van der Waals surface area contributed by atoms with Crippen molar-refractivity contribution in [2.45, 2.75) is 44.3 Å². The minimum Gasteiger partial charge on any atom is -0.329 e. The summed E-state index contributed by atoms with van der Waals surface area (Å²) >= 11 is 0. The van der Waals surface area contributed by atoms with Gasteiger partial charge in [-0.05, 0) is 57.6 Å². The topological polar surface area (TPSA) is 50.9 Å². The van der Waals surface area contributed by atoms with E-state index < -0.39 is 0 Å². The van der Waals surface area contributed by atoms with Crippen molar-refractivity contribution in [3.8, 4) is 11.5 Å². The molecular formula is C23H32Cl2N6. The highest BCUT2D eigenvalue weighted by Crippen LogP contribution is 2.38. The van der Waals surface area contributed by atoms with Crippen LogP contribution in [0.2, 0.25) is 0 Å². The van der Waals surface area contributed by atoms with Crippen LogP contribution in [0.15, 0.2) is 48.8 Å². The molecule has 5 rings (SSSR count). The Morgan fingerprint density at radius 1 is 1.06 bits per heavy atom. The lowest BCUT2D eigenvalue weighted by Crippen LogP contribution is -2.43. The molecule has 1 N–H and O–H groups in total. The monoisotopic (exact) mass is 462 g/mol. The molecule has 4 heterocycles. The highest BCUT2D eigenvalue weighted by atomic mass is 35.5. The van der Waals surface area contributed by atoms with Gasteiger partial charge in [0.05, 0.1) is 5.69 Å². The molecule has 2 aromatic heterocycles. The number of halogens is 2. The van der Waals surface area contributed by atoms with E-state index in [1.807, 2.05) is 6.20 Å². The highest BCUT2D eigenvalue weighted by molar-refractivity contribution is 5.85. The first-order chi connectivity index (χ1) is 14.2. The number of nitrogens with one attached hydrogen (secondary N) is 1. The lowest BCUT2D eigenvalue weighted by Gasteiger charge is -2.41. The van der Waals surface area contributed by atoms with Crippen molar-refractivity contribution in [3.63, 3.8) is 0 Å². The van der Waals surface area contributed by atoms with E-state index >= 15 is 0 Å². The summed E-state index contributed by atoms with van der Waals surface area (Å²) in [5, 5.41) is 8.38. The number of hydrogen-bond donors (Lipinski definition) is 1. The SMILES string of the molecule is CN1CCC(Cn2ccnc2-c2cc3n(n2)CCCNC3)(c2ccccc2)CC1.Cl.Cl. The standard InChI is InChI=1S/C23H30N6.2ClH/c1-27-13-8-23(9-14-27,19-6-3-2-4-7-19)18-28-15-11-25-22(28)21-16-20-17-24-10-5-12-29(20)26-21;;/h2-4,6-7,11,15-16,24H,5,8-10,12-14,17-18H2,1H3;2*1H. The predicted octanol–water partition coefficient (Wildman–Crippen LogP) is 3.75. The van der Waals surface area contributed by atoms with Gasteiger partial charge >= 0.3 is 0 Å². The van der Waals surface area contributed by atoms with Crippen LogP contribution in [0.3, 0.4) is 0 Å². The van der Waals surface area contributed by atoms with Gasteiger partial charge in [-0.25, -0.2) is 4.98 Å². The number of imidazole rings is 1. The molecule has 3 aromatic rings. The maximum absolute atomic E-state index is 4.90. The number of likely N-dealkylation sites (tertiary alicyclic amines) is 1. The maximum atomic E-state index is 4.90. The molecule has 2 aliphatic heterocycles. The molecule has 1 saturated heterocycles. The van der Waals surface area contributed by atoms with Gasteiger partial charge in [-0.2, -0.15) is 5.10 Å². The number of rotatable bonds is 4. The maximum Gasteiger partial charge on any atom is 0.160 e. The van der Waals surface area contributed by atoms with Gasteiger partial charge in [0.25, 0.3) is 0 Å². The fraction of sp³-hybridized carbons (Fsp3) is 0.478. The first-order valence-corrected chi connectivity index (χ1v) is 10.8. The molecule has 2 aliphatic rings. The van der Waals surface area contributed by atoms with Crippen molar-refractivity contribution in [2.24, 2.45) is 0 Å². The van der Waals surface area contributed by atoms with Gasteiger partial charge in [-0.3, -0.25) is 4.68 Å². The fourth-order valence-corrected chi connectivity index (χ4v) is 4.84. The number of aromatic nitrogens is 4. The summed E-state index contributed by atoms with van der Waals surface area (Å²) in [5.74, 6) is 0.986. The second kappa shape index (κ2) is 10.2. The second-order valence-corrected chi connectivity index (χ2v) is 8.60. The van der Waals surface area contributed by atoms with Crippen LogP contribution < -0.4 is 5.32 Å². The molecule has 168 valence electrons. The van der Waals surface area contributed by atoms with Crippen molar-refractivity contribution >= 4 is 24.8 Å². The van der Waals surface area contributed by atoms with Crippen LogP contribution in [-0.2, 0) is 25.0 Å². The average Bonchev–Trinajstić information content (AvgIpc) is 3.31. The molecule has 0 atom stereocenters. The first kappa shape index (κ1) is 23.8. The number of piperidine rings is 1. The van der Waals surface area contributed by atoms with Gasteiger partial charge in [-0.1, -0.05) is 30.3 Å². The van der Waals surface area contributed by atoms with Crippen LogP contribution in [0.25, 0.3) is 11.5 Å². The molecule has 1 fully saturated rings. The van der Waals surface area contributed by atoms with Crippen LogP contribution in [0.1, 0.15) is 30.5 Å². The molecule has 31 heavy (non-hydrogen) atoms. The van der Waals surface area contributed by atoms with E-state index in [4.69, 9.17) is 10.1 Å². The minimum absolute atomic E-state index is 0. The third-order valence-electron chi connectivity index (χ3n) is 6.64. The van der Waals surface area contributed by atoms with Gasteiger partial charge in [0.15, 0.2) is 5.82 Å². The highest BCUT2D eigenvalue weighted by Gasteiger charge is 2.36. The lowest BCUT2D eigenvalue weighted by atomic mass is 9.72. The second-order valence-electron chi connectivity index (χ2n) is 8.60. The largest absolute Gasteiger partial charge is 0.329 e. The summed E-state index contributed by atoms with van der Waals surface area (Å²) < 4.78 is 4.48. The molecule has 0 aliphatic carbocycles. The van der Waals surface area contributed by atoms with E-state index in [9.17, 15) is 0 Å². The quantitative estimate of drug-likeness (QED) is 0.641. The van der Waals surface area contributed by atoms with E-state index in [1.165, 1.54) is 11.3 Å². The zero-order valence-electron chi connectivity index (χ0n) is 18.0. The molecule has 8 heteroatoms. The van der Waals surface area contributed by atoms with E-state index in [0.29, 0.717) is 0 Å². The summed E-state index contributed by atoms with van der Waals surface area (Å²) in [6.45, 7) is 6.12. The van der Waals surface area contributed by atoms with Crippen molar-refractivity contribution in [1.82, 2.24) is 29.5 Å². The molecule has 0 bridgehead atoms. The van der Waals surface area contributed by atoms with Crippen molar-refractivity contribution < 1.29 is 0 Å². The molecule has 6 nitrogen and oxygen atoms in total. The summed E-state index contributed by atoms with van der Waals surface area (Å²) in [4.78, 5) is 7.15. The molecule has 0 unspecified atom stereocenters. The number of benzene rings is 1. The zero-order chi connectivity index (χ0) is 19.7. The number of aryl methyl sites for hydroxylation is 1. The van der Waals surface area contributed by atoms with Crippen molar-refractivity contribution in [3.05, 3.63) is 60.0 Å². The summed E-state index contributed by atoms with van der Waals surface area (Å²) in [6, 6.07) is 13.3. The molecule has 0 radical (unpaired) electrons. The lowest BCUT2D eigenvalue weighted by molar-refractivity contribution is 0.170. The predicted molar refractivity (Wildman–Crippen MR) is 129 cm³/mol. The van der Waals surface area contributed by atoms with Crippen LogP contribution in [0.5, 0.6) is 0 Å². The Labute approximate surface area is 196 Å². The van der Waals surface area contributed by atoms with Gasteiger partial charge in [0.2, 0.25) is 0 Å². The molecule has 0 spiro atoms. The summed E-state index contributed by atoms with van der Waals surface area (Å²) in [5.41, 5.74) is 3.83. The number of fused-ring (bicyclic) bond motifs is 1. The van der Waals surface area contributed by atoms with Crippen LogP contribution in [0.4, 0.5) is 0 Å². The minimum atomic E-state index is 0. The number of nitrogens with zero attached hydrogens (tertiary/aromatic N) is 5. The average molecular weight is 463 g/mol. The van der Waals surface area contributed by atoms with Crippen LogP contribution >= 0.6 is 24.8 Å². The van der Waals surface area contributed by atoms with E-state index in [1.54, 1.807) is 0 Å².